The first-order valence-corrected chi connectivity index (χ1v) is 10.7. The van der Waals surface area contributed by atoms with Crippen LogP contribution < -0.4 is 21.3 Å². The summed E-state index contributed by atoms with van der Waals surface area (Å²) in [5.74, 6) is 6.59. The van der Waals surface area contributed by atoms with Crippen LogP contribution in [0.4, 0.5) is 10.5 Å². The third-order valence-corrected chi connectivity index (χ3v) is 5.62. The maximum Gasteiger partial charge on any atom is 0.333 e. The zero-order chi connectivity index (χ0) is 21.8. The van der Waals surface area contributed by atoms with Gasteiger partial charge in [0.2, 0.25) is 0 Å². The first-order valence-electron chi connectivity index (χ1n) is 10.7. The smallest absolute Gasteiger partial charge is 0.333 e. The number of nitrogens with zero attached hydrogens (tertiary/aromatic N) is 1. The number of hydrogen-bond acceptors (Lipinski definition) is 4. The van der Waals surface area contributed by atoms with E-state index in [0.29, 0.717) is 12.5 Å². The molecule has 4 rings (SSSR count). The molecule has 6 nitrogen and oxygen atoms in total. The first kappa shape index (κ1) is 20.9. The van der Waals surface area contributed by atoms with E-state index >= 15 is 0 Å². The summed E-state index contributed by atoms with van der Waals surface area (Å²) in [6, 6.07) is 17.8. The van der Waals surface area contributed by atoms with Crippen molar-refractivity contribution < 1.29 is 9.53 Å². The lowest BCUT2D eigenvalue weighted by molar-refractivity contribution is 0.252. The fourth-order valence-corrected chi connectivity index (χ4v) is 3.78. The van der Waals surface area contributed by atoms with E-state index in [1.165, 1.54) is 5.56 Å². The third-order valence-electron chi connectivity index (χ3n) is 5.62. The Labute approximate surface area is 182 Å². The van der Waals surface area contributed by atoms with Crippen molar-refractivity contribution in [2.24, 2.45) is 5.84 Å². The number of benzene rings is 2. The Balaban J connectivity index is 1.56. The van der Waals surface area contributed by atoms with Crippen molar-refractivity contribution in [3.63, 3.8) is 0 Å². The predicted octanol–water partition coefficient (Wildman–Crippen LogP) is 5.07. The molecule has 1 aliphatic rings. The number of nitrogens with two attached hydrogens (primary N) is 1. The van der Waals surface area contributed by atoms with Gasteiger partial charge in [0.15, 0.2) is 0 Å². The summed E-state index contributed by atoms with van der Waals surface area (Å²) in [7, 11) is 0. The van der Waals surface area contributed by atoms with E-state index in [9.17, 15) is 4.79 Å². The van der Waals surface area contributed by atoms with Crippen molar-refractivity contribution in [1.82, 2.24) is 10.4 Å². The number of nitrogens with one attached hydrogen (secondary N) is 2. The van der Waals surface area contributed by atoms with Gasteiger partial charge in [0, 0.05) is 22.5 Å². The predicted molar refractivity (Wildman–Crippen MR) is 123 cm³/mol. The van der Waals surface area contributed by atoms with Crippen molar-refractivity contribution in [3.05, 3.63) is 77.0 Å². The highest BCUT2D eigenvalue weighted by molar-refractivity contribution is 5.90. The van der Waals surface area contributed by atoms with Crippen LogP contribution in [0.25, 0.3) is 11.3 Å². The Hall–Kier alpha value is -3.38. The maximum absolute atomic E-state index is 11.8. The van der Waals surface area contributed by atoms with Gasteiger partial charge in [0.1, 0.15) is 12.4 Å². The minimum Gasteiger partial charge on any atom is -0.489 e. The molecule has 1 aliphatic carbocycles. The number of hydrazine groups is 1. The summed E-state index contributed by atoms with van der Waals surface area (Å²) in [6.45, 7) is 4.51. The van der Waals surface area contributed by atoms with Gasteiger partial charge in [-0.2, -0.15) is 0 Å². The van der Waals surface area contributed by atoms with Gasteiger partial charge in [0.05, 0.1) is 5.69 Å². The van der Waals surface area contributed by atoms with Gasteiger partial charge in [-0.15, -0.1) is 0 Å². The summed E-state index contributed by atoms with van der Waals surface area (Å²) in [5.41, 5.74) is 9.22. The van der Waals surface area contributed by atoms with Crippen molar-refractivity contribution in [2.45, 2.75) is 45.6 Å². The molecular formula is C25H28N4O2. The van der Waals surface area contributed by atoms with Crippen molar-refractivity contribution in [2.75, 3.05) is 5.32 Å². The molecule has 0 aliphatic heterocycles. The lowest BCUT2D eigenvalue weighted by Gasteiger charge is -2.17. The summed E-state index contributed by atoms with van der Waals surface area (Å²) < 4.78 is 6.21. The van der Waals surface area contributed by atoms with Crippen LogP contribution in [-0.4, -0.2) is 11.0 Å². The van der Waals surface area contributed by atoms with E-state index in [-0.39, 0.29) is 0 Å². The molecule has 1 fully saturated rings. The highest BCUT2D eigenvalue weighted by Gasteiger charge is 2.27. The van der Waals surface area contributed by atoms with Crippen molar-refractivity contribution in [3.8, 4) is 17.0 Å². The SMILES string of the molecule is CCc1cccc(-c2ccc(OCc3c(NC(=O)NN)cccc3C3CC3)c(C)c2)n1. The number of amides is 2. The molecule has 1 aromatic heterocycles. The molecular weight excluding hydrogens is 388 g/mol. The van der Waals surface area contributed by atoms with Crippen LogP contribution in [-0.2, 0) is 13.0 Å². The Morgan fingerprint density at radius 2 is 1.97 bits per heavy atom. The number of aryl methyl sites for hydroxylation is 2. The topological polar surface area (TPSA) is 89.3 Å². The molecule has 1 heterocycles. The largest absolute Gasteiger partial charge is 0.489 e. The third kappa shape index (κ3) is 4.86. The number of carbonyl (C=O) groups excluding carboxylic acids is 1. The fraction of sp³-hybridized carbons (Fsp3) is 0.280. The molecule has 0 bridgehead atoms. The van der Waals surface area contributed by atoms with Crippen molar-refractivity contribution >= 4 is 11.7 Å². The Kier molecular flexibility index (Phi) is 6.18. The molecule has 0 saturated heterocycles. The van der Waals surface area contributed by atoms with Gasteiger partial charge in [-0.3, -0.25) is 10.4 Å². The number of anilines is 1. The molecule has 1 saturated carbocycles. The second-order valence-corrected chi connectivity index (χ2v) is 7.88. The quantitative estimate of drug-likeness (QED) is 0.285. The molecule has 4 N–H and O–H groups in total. The minimum atomic E-state index is -0.448. The Morgan fingerprint density at radius 3 is 2.68 bits per heavy atom. The van der Waals surface area contributed by atoms with Gasteiger partial charge < -0.3 is 10.1 Å². The van der Waals surface area contributed by atoms with E-state index in [2.05, 4.69) is 29.8 Å². The second kappa shape index (κ2) is 9.18. The number of ether oxygens (including phenoxy) is 1. The molecule has 31 heavy (non-hydrogen) atoms. The van der Waals surface area contributed by atoms with Crippen LogP contribution in [0.15, 0.2) is 54.6 Å². The number of rotatable bonds is 7. The summed E-state index contributed by atoms with van der Waals surface area (Å²) in [5, 5.41) is 2.81. The fourth-order valence-electron chi connectivity index (χ4n) is 3.78. The van der Waals surface area contributed by atoms with Gasteiger partial charge in [-0.1, -0.05) is 25.1 Å². The molecule has 2 amide bonds. The Morgan fingerprint density at radius 1 is 1.16 bits per heavy atom. The molecule has 6 heteroatoms. The summed E-state index contributed by atoms with van der Waals surface area (Å²) >= 11 is 0. The molecule has 2 aromatic carbocycles. The van der Waals surface area contributed by atoms with E-state index < -0.39 is 6.03 Å². The van der Waals surface area contributed by atoms with Gasteiger partial charge in [-0.05, 0) is 79.6 Å². The average Bonchev–Trinajstić information content (AvgIpc) is 3.64. The molecule has 0 radical (unpaired) electrons. The van der Waals surface area contributed by atoms with Gasteiger partial charge >= 0.3 is 6.03 Å². The van der Waals surface area contributed by atoms with Crippen LogP contribution >= 0.6 is 0 Å². The van der Waals surface area contributed by atoms with E-state index in [1.807, 2.05) is 49.4 Å². The number of pyridine rings is 1. The van der Waals surface area contributed by atoms with Crippen LogP contribution in [0, 0.1) is 6.92 Å². The molecule has 0 unspecified atom stereocenters. The lowest BCUT2D eigenvalue weighted by atomic mass is 10.0. The molecule has 0 spiro atoms. The highest BCUT2D eigenvalue weighted by Crippen LogP contribution is 2.43. The first-order chi connectivity index (χ1) is 15.1. The molecule has 0 atom stereocenters. The summed E-state index contributed by atoms with van der Waals surface area (Å²) in [6.07, 6.45) is 3.24. The van der Waals surface area contributed by atoms with E-state index in [0.717, 1.165) is 58.8 Å². The number of hydrogen-bond donors (Lipinski definition) is 3. The van der Waals surface area contributed by atoms with Crippen molar-refractivity contribution in [1.29, 1.82) is 0 Å². The number of urea groups is 1. The zero-order valence-corrected chi connectivity index (χ0v) is 17.9. The maximum atomic E-state index is 11.8. The van der Waals surface area contributed by atoms with E-state index in [1.54, 1.807) is 0 Å². The second-order valence-electron chi connectivity index (χ2n) is 7.88. The normalized spacial score (nSPS) is 13.0. The van der Waals surface area contributed by atoms with Crippen LogP contribution in [0.1, 0.15) is 48.1 Å². The van der Waals surface area contributed by atoms with Crippen LogP contribution in [0.2, 0.25) is 0 Å². The summed E-state index contributed by atoms with van der Waals surface area (Å²) in [4.78, 5) is 16.5. The lowest BCUT2D eigenvalue weighted by Crippen LogP contribution is -2.34. The standard InChI is InChI=1S/C25H28N4O2/c1-3-19-6-4-8-22(27-19)18-12-13-24(16(2)14-18)31-15-21-20(17-10-11-17)7-5-9-23(21)28-25(30)29-26/h4-9,12-14,17H,3,10-11,15,26H2,1-2H3,(H2,28,29,30). The zero-order valence-electron chi connectivity index (χ0n) is 17.9. The number of carbonyl (C=O) groups is 1. The van der Waals surface area contributed by atoms with Gasteiger partial charge in [-0.25, -0.2) is 10.6 Å². The van der Waals surface area contributed by atoms with E-state index in [4.69, 9.17) is 15.6 Å². The molecule has 3 aromatic rings. The van der Waals surface area contributed by atoms with Crippen LogP contribution in [0.3, 0.4) is 0 Å². The average molecular weight is 417 g/mol. The van der Waals surface area contributed by atoms with Gasteiger partial charge in [0.25, 0.3) is 0 Å². The monoisotopic (exact) mass is 416 g/mol. The Bertz CT molecular complexity index is 1090. The van der Waals surface area contributed by atoms with Crippen LogP contribution in [0.5, 0.6) is 5.75 Å². The molecule has 160 valence electrons. The number of aromatic nitrogens is 1. The highest BCUT2D eigenvalue weighted by atomic mass is 16.5. The minimum absolute atomic E-state index is 0.372.